The molecule has 0 radical (unpaired) electrons. The smallest absolute Gasteiger partial charge is 0.328 e. The summed E-state index contributed by atoms with van der Waals surface area (Å²) in [6.07, 6.45) is -1.09. The second-order valence-corrected chi connectivity index (χ2v) is 2.31. The molecule has 1 heterocycles. The maximum absolute atomic E-state index is 10.8. The lowest BCUT2D eigenvalue weighted by molar-refractivity contribution is -0.123. The third kappa shape index (κ3) is 2.03. The van der Waals surface area contributed by atoms with Crippen LogP contribution in [0.5, 0.6) is 0 Å². The zero-order valence-corrected chi connectivity index (χ0v) is 6.74. The van der Waals surface area contributed by atoms with E-state index in [0.29, 0.717) is 5.82 Å². The monoisotopic (exact) mass is 171 g/mol. The van der Waals surface area contributed by atoms with Crippen LogP contribution in [0.15, 0.2) is 4.52 Å². The highest BCUT2D eigenvalue weighted by Crippen LogP contribution is 2.02. The van der Waals surface area contributed by atoms with Crippen LogP contribution in [0, 0.1) is 6.92 Å². The fraction of sp³-hybridized carbons (Fsp3) is 0.500. The number of aromatic nitrogens is 2. The SMILES string of the molecule is Cc1noc(NC(=O)[C@@H](C)O)n1. The number of nitrogens with one attached hydrogen (secondary N) is 1. The quantitative estimate of drug-likeness (QED) is 0.637. The van der Waals surface area contributed by atoms with Gasteiger partial charge in [0, 0.05) is 0 Å². The van der Waals surface area contributed by atoms with Gasteiger partial charge in [-0.25, -0.2) is 0 Å². The number of rotatable bonds is 2. The maximum atomic E-state index is 10.8. The van der Waals surface area contributed by atoms with E-state index >= 15 is 0 Å². The van der Waals surface area contributed by atoms with E-state index in [4.69, 9.17) is 5.11 Å². The van der Waals surface area contributed by atoms with Crippen molar-refractivity contribution in [2.45, 2.75) is 20.0 Å². The van der Waals surface area contributed by atoms with Crippen molar-refractivity contribution in [3.8, 4) is 0 Å². The summed E-state index contributed by atoms with van der Waals surface area (Å²) < 4.78 is 4.58. The Morgan fingerprint density at radius 2 is 2.42 bits per heavy atom. The van der Waals surface area contributed by atoms with Crippen LogP contribution < -0.4 is 5.32 Å². The highest BCUT2D eigenvalue weighted by molar-refractivity contribution is 5.91. The molecule has 12 heavy (non-hydrogen) atoms. The minimum absolute atomic E-state index is 0.00148. The van der Waals surface area contributed by atoms with Crippen LogP contribution >= 0.6 is 0 Å². The van der Waals surface area contributed by atoms with Crippen molar-refractivity contribution >= 4 is 11.9 Å². The fourth-order valence-electron chi connectivity index (χ4n) is 0.558. The molecule has 0 saturated carbocycles. The lowest BCUT2D eigenvalue weighted by Gasteiger charge is -2.00. The first-order chi connectivity index (χ1) is 5.59. The number of aliphatic hydroxyl groups is 1. The van der Waals surface area contributed by atoms with E-state index in [1.165, 1.54) is 6.92 Å². The molecular weight excluding hydrogens is 162 g/mol. The van der Waals surface area contributed by atoms with Gasteiger partial charge in [-0.2, -0.15) is 4.98 Å². The first-order valence-electron chi connectivity index (χ1n) is 3.39. The molecule has 0 aliphatic heterocycles. The number of hydrogen-bond acceptors (Lipinski definition) is 5. The summed E-state index contributed by atoms with van der Waals surface area (Å²) in [5.41, 5.74) is 0. The summed E-state index contributed by atoms with van der Waals surface area (Å²) in [7, 11) is 0. The number of aryl methyl sites for hydroxylation is 1. The van der Waals surface area contributed by atoms with Gasteiger partial charge in [0.05, 0.1) is 0 Å². The maximum Gasteiger partial charge on any atom is 0.328 e. The van der Waals surface area contributed by atoms with Crippen molar-refractivity contribution in [2.75, 3.05) is 5.32 Å². The third-order valence-corrected chi connectivity index (χ3v) is 1.14. The number of anilines is 1. The van der Waals surface area contributed by atoms with E-state index in [-0.39, 0.29) is 6.01 Å². The molecule has 1 aromatic heterocycles. The fourth-order valence-corrected chi connectivity index (χ4v) is 0.558. The zero-order valence-electron chi connectivity index (χ0n) is 6.74. The minimum atomic E-state index is -1.09. The van der Waals surface area contributed by atoms with Crippen LogP contribution in [0.2, 0.25) is 0 Å². The second kappa shape index (κ2) is 3.31. The Morgan fingerprint density at radius 3 is 2.83 bits per heavy atom. The molecule has 1 rings (SSSR count). The first kappa shape index (κ1) is 8.66. The van der Waals surface area contributed by atoms with Gasteiger partial charge in [0.25, 0.3) is 5.91 Å². The molecule has 0 aromatic carbocycles. The Bertz CT molecular complexity index is 281. The Kier molecular flexibility index (Phi) is 2.39. The molecule has 6 nitrogen and oxygen atoms in total. The molecule has 1 amide bonds. The molecule has 0 aliphatic carbocycles. The van der Waals surface area contributed by atoms with Crippen LogP contribution in [0.1, 0.15) is 12.7 Å². The lowest BCUT2D eigenvalue weighted by Crippen LogP contribution is -2.24. The van der Waals surface area contributed by atoms with E-state index in [1.54, 1.807) is 6.92 Å². The van der Waals surface area contributed by atoms with Crippen LogP contribution in [0.4, 0.5) is 6.01 Å². The molecule has 1 atom stereocenters. The number of nitrogens with zero attached hydrogens (tertiary/aromatic N) is 2. The van der Waals surface area contributed by atoms with Crippen molar-refractivity contribution in [3.63, 3.8) is 0 Å². The van der Waals surface area contributed by atoms with Crippen LogP contribution in [-0.4, -0.2) is 27.3 Å². The van der Waals surface area contributed by atoms with Gasteiger partial charge in [-0.15, -0.1) is 0 Å². The molecule has 0 bridgehead atoms. The van der Waals surface area contributed by atoms with Gasteiger partial charge in [0.1, 0.15) is 6.10 Å². The molecule has 0 aliphatic rings. The lowest BCUT2D eigenvalue weighted by atomic mass is 10.4. The van der Waals surface area contributed by atoms with Crippen molar-refractivity contribution in [2.24, 2.45) is 0 Å². The predicted molar refractivity (Wildman–Crippen MR) is 39.3 cm³/mol. The van der Waals surface area contributed by atoms with Crippen molar-refractivity contribution in [1.29, 1.82) is 0 Å². The van der Waals surface area contributed by atoms with Gasteiger partial charge in [0.15, 0.2) is 5.82 Å². The number of carbonyl (C=O) groups is 1. The Hall–Kier alpha value is -1.43. The topological polar surface area (TPSA) is 88.2 Å². The summed E-state index contributed by atoms with van der Waals surface area (Å²) >= 11 is 0. The number of aliphatic hydroxyl groups excluding tert-OH is 1. The van der Waals surface area contributed by atoms with Gasteiger partial charge in [0.2, 0.25) is 0 Å². The zero-order chi connectivity index (χ0) is 9.14. The molecule has 2 N–H and O–H groups in total. The molecule has 0 saturated heterocycles. The van der Waals surface area contributed by atoms with Crippen LogP contribution in [-0.2, 0) is 4.79 Å². The summed E-state index contributed by atoms with van der Waals surface area (Å²) in [4.78, 5) is 14.5. The van der Waals surface area contributed by atoms with E-state index in [1.807, 2.05) is 0 Å². The van der Waals surface area contributed by atoms with Gasteiger partial charge < -0.3 is 9.63 Å². The Labute approximate surface area is 68.6 Å². The number of amides is 1. The molecule has 0 fully saturated rings. The third-order valence-electron chi connectivity index (χ3n) is 1.14. The average molecular weight is 171 g/mol. The van der Waals surface area contributed by atoms with Gasteiger partial charge in [-0.1, -0.05) is 5.16 Å². The molecule has 66 valence electrons. The van der Waals surface area contributed by atoms with Gasteiger partial charge in [-0.05, 0) is 13.8 Å². The van der Waals surface area contributed by atoms with Crippen molar-refractivity contribution in [1.82, 2.24) is 10.1 Å². The van der Waals surface area contributed by atoms with E-state index < -0.39 is 12.0 Å². The molecule has 6 heteroatoms. The average Bonchev–Trinajstić information content (AvgIpc) is 2.35. The molecule has 0 unspecified atom stereocenters. The molecular formula is C6H9N3O3. The summed E-state index contributed by atoms with van der Waals surface area (Å²) in [5, 5.41) is 14.5. The summed E-state index contributed by atoms with van der Waals surface area (Å²) in [5.74, 6) is -0.144. The van der Waals surface area contributed by atoms with Crippen LogP contribution in [0.3, 0.4) is 0 Å². The van der Waals surface area contributed by atoms with Crippen LogP contribution in [0.25, 0.3) is 0 Å². The largest absolute Gasteiger partial charge is 0.384 e. The highest BCUT2D eigenvalue weighted by atomic mass is 16.5. The molecule has 0 spiro atoms. The predicted octanol–water partition coefficient (Wildman–Crippen LogP) is -0.303. The second-order valence-electron chi connectivity index (χ2n) is 2.31. The molecule has 1 aromatic rings. The summed E-state index contributed by atoms with van der Waals surface area (Å²) in [6.45, 7) is 2.97. The van der Waals surface area contributed by atoms with Crippen molar-refractivity contribution < 1.29 is 14.4 Å². The van der Waals surface area contributed by atoms with Crippen molar-refractivity contribution in [3.05, 3.63) is 5.82 Å². The Balaban J connectivity index is 2.58. The highest BCUT2D eigenvalue weighted by Gasteiger charge is 2.11. The van der Waals surface area contributed by atoms with E-state index in [2.05, 4.69) is 20.0 Å². The standard InChI is InChI=1S/C6H9N3O3/c1-3(10)5(11)8-6-7-4(2)9-12-6/h3,10H,1-2H3,(H,7,8,9,11)/t3-/m1/s1. The van der Waals surface area contributed by atoms with Gasteiger partial charge >= 0.3 is 6.01 Å². The normalized spacial score (nSPS) is 12.6. The van der Waals surface area contributed by atoms with Gasteiger partial charge in [-0.3, -0.25) is 10.1 Å². The minimum Gasteiger partial charge on any atom is -0.384 e. The first-order valence-corrected chi connectivity index (χ1v) is 3.39. The van der Waals surface area contributed by atoms with E-state index in [9.17, 15) is 4.79 Å². The number of hydrogen-bond donors (Lipinski definition) is 2. The summed E-state index contributed by atoms with van der Waals surface area (Å²) in [6, 6.07) is -0.00148. The number of carbonyl (C=O) groups excluding carboxylic acids is 1. The van der Waals surface area contributed by atoms with E-state index in [0.717, 1.165) is 0 Å². The Morgan fingerprint density at radius 1 is 1.75 bits per heavy atom.